The predicted molar refractivity (Wildman–Crippen MR) is 466 cm³/mol. The summed E-state index contributed by atoms with van der Waals surface area (Å²) in [4.78, 5) is 37.6. The van der Waals surface area contributed by atoms with Crippen molar-refractivity contribution >= 4 is 146 Å². The molecule has 0 spiro atoms. The minimum atomic E-state index is -3.54. The first-order valence-corrected chi connectivity index (χ1v) is 48.3. The van der Waals surface area contributed by atoms with Gasteiger partial charge in [0.15, 0.2) is 21.5 Å². The average molecular weight is 1650 g/mol. The number of ether oxygens (including phenoxy) is 3. The van der Waals surface area contributed by atoms with Crippen molar-refractivity contribution in [2.24, 2.45) is 0 Å². The molecule has 4 aliphatic rings. The Bertz CT molecular complexity index is 5140. The number of halogens is 2. The number of rotatable bonds is 25. The zero-order chi connectivity index (χ0) is 81.1. The van der Waals surface area contributed by atoms with Gasteiger partial charge in [0.25, 0.3) is 0 Å². The van der Waals surface area contributed by atoms with E-state index in [-0.39, 0.29) is 33.9 Å². The fourth-order valence-corrected chi connectivity index (χ4v) is 18.6. The Morgan fingerprint density at radius 3 is 1.58 bits per heavy atom. The van der Waals surface area contributed by atoms with Crippen LogP contribution in [0, 0.1) is 0 Å². The Morgan fingerprint density at radius 1 is 0.540 bits per heavy atom. The SMILES string of the molecule is CC(C)Oc1cc(P(C)(C)=O)ccc1Nc1ncc(Cl)c(Nc2ccccc2S(=O)(=O)C(C)C)n1.COc1cc(N2CCC(N3CCN(C(C)C)CC3)CC2)ccc1Nc1ncc(Cl)c(Nc2ccccc2P(C)(C)=O)n1.COc1cc(N2CCC(O)CC2)ccc1Cc1nc2c(c(Nc3ccccc3P(C)(C)=O)n1)C=CC2. The van der Waals surface area contributed by atoms with Gasteiger partial charge in [-0.05, 0) is 180 Å². The van der Waals surface area contributed by atoms with Crippen LogP contribution in [0.3, 0.4) is 0 Å². The van der Waals surface area contributed by atoms with Crippen LogP contribution in [0.25, 0.3) is 6.08 Å². The fraction of sp³-hybridized carbons (Fsp3) is 0.398. The zero-order valence-corrected chi connectivity index (χ0v) is 71.9. The van der Waals surface area contributed by atoms with E-state index in [1.807, 2.05) is 74.5 Å². The number of aromatic nitrogens is 6. The molecule has 113 heavy (non-hydrogen) atoms. The second kappa shape index (κ2) is 37.3. The van der Waals surface area contributed by atoms with Gasteiger partial charge in [-0.3, -0.25) is 9.80 Å². The van der Waals surface area contributed by atoms with Gasteiger partial charge in [0, 0.05) is 128 Å². The third-order valence-electron chi connectivity index (χ3n) is 20.2. The molecule has 0 saturated carbocycles. The first-order chi connectivity index (χ1) is 53.7. The molecule has 24 nitrogen and oxygen atoms in total. The second-order valence-electron chi connectivity index (χ2n) is 30.5. The number of hydrogen-bond donors (Lipinski definition) is 6. The maximum Gasteiger partial charge on any atom is 0.229 e. The number of para-hydroxylation sites is 3. The minimum absolute atomic E-state index is 0.110. The number of aliphatic hydroxyl groups is 1. The molecule has 6 aromatic carbocycles. The Balaban J connectivity index is 0.000000168. The summed E-state index contributed by atoms with van der Waals surface area (Å²) in [5.74, 6) is 4.74. The van der Waals surface area contributed by atoms with Crippen molar-refractivity contribution in [3.63, 3.8) is 0 Å². The molecule has 0 amide bonds. The summed E-state index contributed by atoms with van der Waals surface area (Å²) >= 11 is 12.8. The van der Waals surface area contributed by atoms with Crippen LogP contribution >= 0.6 is 44.6 Å². The smallest absolute Gasteiger partial charge is 0.229 e. The molecule has 1 aliphatic carbocycles. The standard InChI is InChI=1S/C31H43ClN7O2P.C28H33N4O3P.C24H30ClN4O4PS/c1-22(2)37-16-18-39(19-17-37)23-12-14-38(15-13-23)24-10-11-26(28(20-24)41-3)35-31-33-21-25(32)30(36-31)34-27-8-6-7-9-29(27)42(4,5)40;1-35-25-18-20(32-15-13-21(33)14-16-32)12-11-19(25)17-27-29-23-9-6-7-22(23)28(31-27)30-24-8-4-5-10-26(24)36(2,3)34;1-15(2)33-21-13-17(34(5,6)30)11-12-19(21)28-24-26-14-18(25)23(29-24)27-20-9-7-8-10-22(20)35(31,32)16(3)4/h6-11,20-23H,12-19H2,1-5H3,(H2,33,34,35,36);4-8,10-12,18,21,33H,9,13-17H2,1-3H3,(H,29,30,31);7-16H,1-6H3,(H2,26,27,28,29). The number of hydrogen-bond acceptors (Lipinski definition) is 24. The van der Waals surface area contributed by atoms with Crippen molar-refractivity contribution in [1.82, 2.24) is 39.7 Å². The first kappa shape index (κ1) is 85.3. The maximum atomic E-state index is 12.9. The van der Waals surface area contributed by atoms with E-state index in [9.17, 15) is 27.2 Å². The van der Waals surface area contributed by atoms with E-state index < -0.39 is 36.5 Å². The number of piperazine rings is 1. The summed E-state index contributed by atoms with van der Waals surface area (Å²) in [6.07, 6.45) is 12.0. The lowest BCUT2D eigenvalue weighted by atomic mass is 10.0. The molecule has 3 aliphatic heterocycles. The molecule has 3 saturated heterocycles. The van der Waals surface area contributed by atoms with Gasteiger partial charge in [0.2, 0.25) is 11.9 Å². The largest absolute Gasteiger partial charge is 0.496 e. The number of methoxy groups -OCH3 is 2. The van der Waals surface area contributed by atoms with Crippen molar-refractivity contribution in [3.8, 4) is 17.2 Å². The molecule has 0 atom stereocenters. The number of allylic oxidation sites excluding steroid dienone is 1. The quantitative estimate of drug-likeness (QED) is 0.0290. The van der Waals surface area contributed by atoms with Crippen LogP contribution in [0.15, 0.2) is 151 Å². The van der Waals surface area contributed by atoms with E-state index in [1.54, 1.807) is 117 Å². The van der Waals surface area contributed by atoms with Gasteiger partial charge in [-0.1, -0.05) is 77.8 Å². The number of piperidine rings is 2. The van der Waals surface area contributed by atoms with Crippen LogP contribution in [-0.4, -0.2) is 189 Å². The topological polar surface area (TPSA) is 284 Å². The molecule has 0 radical (unpaired) electrons. The van der Waals surface area contributed by atoms with E-state index in [1.165, 1.54) is 45.2 Å². The monoisotopic (exact) mass is 1650 g/mol. The third kappa shape index (κ3) is 22.1. The van der Waals surface area contributed by atoms with E-state index in [4.69, 9.17) is 47.4 Å². The number of anilines is 12. The molecule has 30 heteroatoms. The van der Waals surface area contributed by atoms with Crippen molar-refractivity contribution in [2.75, 3.05) is 143 Å². The lowest BCUT2D eigenvalue weighted by Gasteiger charge is -2.44. The van der Waals surface area contributed by atoms with Crippen LogP contribution < -0.4 is 66.5 Å². The average Bonchev–Trinajstić information content (AvgIpc) is 1.77. The lowest BCUT2D eigenvalue weighted by molar-refractivity contribution is 0.0692. The normalized spacial score (nSPS) is 15.3. The molecule has 13 rings (SSSR count). The number of aliphatic hydroxyl groups excluding tert-OH is 1. The van der Waals surface area contributed by atoms with Crippen LogP contribution in [0.5, 0.6) is 17.2 Å². The van der Waals surface area contributed by atoms with Crippen LogP contribution in [-0.2, 0) is 36.4 Å². The van der Waals surface area contributed by atoms with Gasteiger partial charge in [-0.15, -0.1) is 0 Å². The summed E-state index contributed by atoms with van der Waals surface area (Å²) in [6.45, 7) is 30.5. The summed E-state index contributed by atoms with van der Waals surface area (Å²) in [5.41, 5.74) is 8.47. The highest BCUT2D eigenvalue weighted by molar-refractivity contribution is 7.92. The molecule has 6 heterocycles. The summed E-state index contributed by atoms with van der Waals surface area (Å²) < 4.78 is 81.3. The Labute approximate surface area is 675 Å². The van der Waals surface area contributed by atoms with Crippen LogP contribution in [0.2, 0.25) is 10.0 Å². The van der Waals surface area contributed by atoms with E-state index in [2.05, 4.69) is 116 Å². The second-order valence-corrected chi connectivity index (χ2v) is 43.4. The number of nitrogens with zero attached hydrogens (tertiary/aromatic N) is 10. The maximum absolute atomic E-state index is 12.9. The Morgan fingerprint density at radius 2 is 1.04 bits per heavy atom. The third-order valence-corrected chi connectivity index (χ3v) is 27.6. The highest BCUT2D eigenvalue weighted by Crippen LogP contribution is 2.43. The Kier molecular flexibility index (Phi) is 28.2. The molecule has 9 aromatic rings. The van der Waals surface area contributed by atoms with E-state index >= 15 is 0 Å². The Hall–Kier alpha value is -8.60. The summed E-state index contributed by atoms with van der Waals surface area (Å²) in [7, 11) is -7.64. The van der Waals surface area contributed by atoms with Crippen molar-refractivity contribution in [2.45, 2.75) is 115 Å². The molecular formula is C83H106Cl2N15O9P3S. The summed E-state index contributed by atoms with van der Waals surface area (Å²) in [5, 5.41) is 28.2. The van der Waals surface area contributed by atoms with Gasteiger partial charge in [-0.25, -0.2) is 28.4 Å². The highest BCUT2D eigenvalue weighted by Gasteiger charge is 2.31. The minimum Gasteiger partial charge on any atom is -0.496 e. The number of fused-ring (bicyclic) bond motifs is 1. The van der Waals surface area contributed by atoms with Gasteiger partial charge in [0.1, 0.15) is 60.4 Å². The number of sulfone groups is 1. The molecule has 0 unspecified atom stereocenters. The zero-order valence-electron chi connectivity index (χ0n) is 66.9. The first-order valence-electron chi connectivity index (χ1n) is 38.2. The van der Waals surface area contributed by atoms with Crippen LogP contribution in [0.4, 0.5) is 69.2 Å². The molecular weight excluding hydrogens is 1550 g/mol. The number of nitrogens with one attached hydrogen (secondary N) is 5. The molecule has 0 bridgehead atoms. The fourth-order valence-electron chi connectivity index (χ4n) is 13.9. The molecule has 6 N–H and O–H groups in total. The lowest BCUT2D eigenvalue weighted by Crippen LogP contribution is -2.54. The van der Waals surface area contributed by atoms with E-state index in [0.717, 1.165) is 113 Å². The number of benzene rings is 6. The molecule has 602 valence electrons. The van der Waals surface area contributed by atoms with Crippen LogP contribution in [0.1, 0.15) is 89.9 Å². The van der Waals surface area contributed by atoms with E-state index in [0.29, 0.717) is 69.2 Å². The molecule has 3 fully saturated rings. The highest BCUT2D eigenvalue weighted by atomic mass is 35.5. The summed E-state index contributed by atoms with van der Waals surface area (Å²) in [6, 6.07) is 40.9. The van der Waals surface area contributed by atoms with Crippen molar-refractivity contribution in [1.29, 1.82) is 0 Å². The van der Waals surface area contributed by atoms with Crippen molar-refractivity contribution in [3.05, 3.63) is 179 Å². The van der Waals surface area contributed by atoms with Gasteiger partial charge in [0.05, 0.1) is 83.1 Å². The van der Waals surface area contributed by atoms with Gasteiger partial charge < -0.3 is 69.4 Å². The van der Waals surface area contributed by atoms with Gasteiger partial charge >= 0.3 is 0 Å². The van der Waals surface area contributed by atoms with Gasteiger partial charge in [-0.2, -0.15) is 9.97 Å². The predicted octanol–water partition coefficient (Wildman–Crippen LogP) is 16.3. The molecule has 3 aromatic heterocycles. The van der Waals surface area contributed by atoms with Crippen molar-refractivity contribution < 1.29 is 41.4 Å².